The minimum Gasteiger partial charge on any atom is -0.317 e. The van der Waals surface area contributed by atoms with Crippen LogP contribution in [0.3, 0.4) is 0 Å². The van der Waals surface area contributed by atoms with Crippen molar-refractivity contribution in [2.24, 2.45) is 5.73 Å². The van der Waals surface area contributed by atoms with Crippen molar-refractivity contribution in [3.05, 3.63) is 35.0 Å². The van der Waals surface area contributed by atoms with Crippen molar-refractivity contribution in [1.82, 2.24) is 4.98 Å². The standard InChI is InChI=1S/C16H18FN3OS.ClH/c1-10-13(11-4-6-12(17)7-5-11)19-15(22-10)20-14(21)16(18)8-2-3-9-16;/h4-7H,2-3,8-9,18H2,1H3,(H,19,20,21);1H. The molecule has 3 rings (SSSR count). The van der Waals surface area contributed by atoms with Crippen LogP contribution in [0.5, 0.6) is 0 Å². The van der Waals surface area contributed by atoms with Gasteiger partial charge in [0.05, 0.1) is 11.2 Å². The van der Waals surface area contributed by atoms with Crippen molar-refractivity contribution < 1.29 is 9.18 Å². The van der Waals surface area contributed by atoms with E-state index >= 15 is 0 Å². The lowest BCUT2D eigenvalue weighted by atomic mass is 9.98. The van der Waals surface area contributed by atoms with Crippen LogP contribution in [0, 0.1) is 12.7 Å². The average Bonchev–Trinajstić information content (AvgIpc) is 3.07. The van der Waals surface area contributed by atoms with Crippen molar-refractivity contribution in [2.45, 2.75) is 38.1 Å². The highest BCUT2D eigenvalue weighted by atomic mass is 35.5. The lowest BCUT2D eigenvalue weighted by Crippen LogP contribution is -2.48. The Morgan fingerprint density at radius 2 is 1.91 bits per heavy atom. The first-order valence-electron chi connectivity index (χ1n) is 7.32. The molecule has 0 unspecified atom stereocenters. The van der Waals surface area contributed by atoms with E-state index in [1.54, 1.807) is 12.1 Å². The SMILES string of the molecule is Cc1sc(NC(=O)C2(N)CCCC2)nc1-c1ccc(F)cc1.Cl. The van der Waals surface area contributed by atoms with Crippen LogP contribution in [0.2, 0.25) is 0 Å². The van der Waals surface area contributed by atoms with Crippen LogP contribution in [0.15, 0.2) is 24.3 Å². The number of carbonyl (C=O) groups is 1. The van der Waals surface area contributed by atoms with Gasteiger partial charge in [-0.3, -0.25) is 4.79 Å². The molecule has 1 aromatic heterocycles. The summed E-state index contributed by atoms with van der Waals surface area (Å²) in [6.45, 7) is 1.93. The summed E-state index contributed by atoms with van der Waals surface area (Å²) in [4.78, 5) is 17.8. The summed E-state index contributed by atoms with van der Waals surface area (Å²) in [7, 11) is 0. The molecule has 1 heterocycles. The van der Waals surface area contributed by atoms with E-state index in [-0.39, 0.29) is 24.1 Å². The lowest BCUT2D eigenvalue weighted by Gasteiger charge is -2.21. The Kier molecular flexibility index (Phi) is 5.39. The zero-order valence-electron chi connectivity index (χ0n) is 12.8. The molecular weight excluding hydrogens is 337 g/mol. The van der Waals surface area contributed by atoms with Gasteiger partial charge >= 0.3 is 0 Å². The zero-order chi connectivity index (χ0) is 15.7. The molecule has 0 aliphatic heterocycles. The number of aryl methyl sites for hydroxylation is 1. The molecule has 1 saturated carbocycles. The average molecular weight is 356 g/mol. The van der Waals surface area contributed by atoms with Gasteiger partial charge in [0.1, 0.15) is 5.82 Å². The number of amides is 1. The van der Waals surface area contributed by atoms with Gasteiger partial charge in [-0.2, -0.15) is 0 Å². The zero-order valence-corrected chi connectivity index (χ0v) is 14.4. The molecule has 1 aliphatic rings. The number of thiazole rings is 1. The summed E-state index contributed by atoms with van der Waals surface area (Å²) in [5.41, 5.74) is 6.97. The maximum absolute atomic E-state index is 13.0. The van der Waals surface area contributed by atoms with Gasteiger partial charge in [-0.15, -0.1) is 23.7 Å². The Balaban J connectivity index is 0.00000192. The topological polar surface area (TPSA) is 68.0 Å². The van der Waals surface area contributed by atoms with Crippen molar-refractivity contribution in [3.63, 3.8) is 0 Å². The van der Waals surface area contributed by atoms with Crippen LogP contribution in [-0.4, -0.2) is 16.4 Å². The molecule has 1 fully saturated rings. The molecule has 0 saturated heterocycles. The second-order valence-electron chi connectivity index (χ2n) is 5.75. The number of hydrogen-bond acceptors (Lipinski definition) is 4. The Bertz CT molecular complexity index is 696. The fraction of sp³-hybridized carbons (Fsp3) is 0.375. The number of nitrogens with two attached hydrogens (primary N) is 1. The monoisotopic (exact) mass is 355 g/mol. The van der Waals surface area contributed by atoms with Crippen LogP contribution in [-0.2, 0) is 4.79 Å². The van der Waals surface area contributed by atoms with E-state index in [0.29, 0.717) is 18.0 Å². The maximum atomic E-state index is 13.0. The Morgan fingerprint density at radius 1 is 1.30 bits per heavy atom. The van der Waals surface area contributed by atoms with Gasteiger partial charge < -0.3 is 11.1 Å². The van der Waals surface area contributed by atoms with Gasteiger partial charge in [-0.1, -0.05) is 12.8 Å². The number of halogens is 2. The van der Waals surface area contributed by atoms with Crippen LogP contribution in [0.25, 0.3) is 11.3 Å². The molecule has 0 radical (unpaired) electrons. The molecule has 0 bridgehead atoms. The number of nitrogens with one attached hydrogen (secondary N) is 1. The normalized spacial score (nSPS) is 16.0. The van der Waals surface area contributed by atoms with Crippen LogP contribution in [0.4, 0.5) is 9.52 Å². The van der Waals surface area contributed by atoms with E-state index in [2.05, 4.69) is 10.3 Å². The fourth-order valence-corrected chi connectivity index (χ4v) is 3.61. The van der Waals surface area contributed by atoms with E-state index in [1.165, 1.54) is 23.5 Å². The molecule has 1 amide bonds. The van der Waals surface area contributed by atoms with Gasteiger partial charge in [0.2, 0.25) is 5.91 Å². The molecule has 1 aromatic carbocycles. The molecular formula is C16H19ClFN3OS. The van der Waals surface area contributed by atoms with Gasteiger partial charge in [0.15, 0.2) is 5.13 Å². The van der Waals surface area contributed by atoms with Crippen molar-refractivity contribution in [1.29, 1.82) is 0 Å². The maximum Gasteiger partial charge on any atom is 0.246 e. The van der Waals surface area contributed by atoms with Crippen molar-refractivity contribution in [2.75, 3.05) is 5.32 Å². The second kappa shape index (κ2) is 6.95. The van der Waals surface area contributed by atoms with Crippen molar-refractivity contribution >= 4 is 34.8 Å². The van der Waals surface area contributed by atoms with Crippen LogP contribution < -0.4 is 11.1 Å². The molecule has 23 heavy (non-hydrogen) atoms. The van der Waals surface area contributed by atoms with Gasteiger partial charge in [0.25, 0.3) is 0 Å². The van der Waals surface area contributed by atoms with E-state index in [0.717, 1.165) is 29.0 Å². The molecule has 3 N–H and O–H groups in total. The highest BCUT2D eigenvalue weighted by molar-refractivity contribution is 7.16. The second-order valence-corrected chi connectivity index (χ2v) is 6.95. The number of benzene rings is 1. The van der Waals surface area contributed by atoms with Gasteiger partial charge in [-0.25, -0.2) is 9.37 Å². The van der Waals surface area contributed by atoms with E-state index < -0.39 is 5.54 Å². The molecule has 1 aliphatic carbocycles. The quantitative estimate of drug-likeness (QED) is 0.877. The molecule has 0 spiro atoms. The van der Waals surface area contributed by atoms with E-state index in [1.807, 2.05) is 6.92 Å². The number of aromatic nitrogens is 1. The summed E-state index contributed by atoms with van der Waals surface area (Å²) in [5, 5.41) is 3.38. The van der Waals surface area contributed by atoms with E-state index in [4.69, 9.17) is 5.73 Å². The third-order valence-corrected chi connectivity index (χ3v) is 4.97. The predicted octanol–water partition coefficient (Wildman–Crippen LogP) is 3.89. The summed E-state index contributed by atoms with van der Waals surface area (Å²) in [6, 6.07) is 6.17. The fourth-order valence-electron chi connectivity index (χ4n) is 2.78. The summed E-state index contributed by atoms with van der Waals surface area (Å²) in [5.74, 6) is -0.444. The lowest BCUT2D eigenvalue weighted by molar-refractivity contribution is -0.121. The van der Waals surface area contributed by atoms with Crippen molar-refractivity contribution in [3.8, 4) is 11.3 Å². The molecule has 124 valence electrons. The first kappa shape index (κ1) is 17.8. The largest absolute Gasteiger partial charge is 0.317 e. The molecule has 4 nitrogen and oxygen atoms in total. The van der Waals surface area contributed by atoms with Gasteiger partial charge in [0, 0.05) is 10.4 Å². The van der Waals surface area contributed by atoms with E-state index in [9.17, 15) is 9.18 Å². The smallest absolute Gasteiger partial charge is 0.246 e. The third kappa shape index (κ3) is 3.71. The minimum absolute atomic E-state index is 0. The Labute approximate surface area is 144 Å². The number of rotatable bonds is 3. The number of nitrogens with zero attached hydrogens (tertiary/aromatic N) is 1. The van der Waals surface area contributed by atoms with Crippen LogP contribution >= 0.6 is 23.7 Å². The summed E-state index contributed by atoms with van der Waals surface area (Å²) >= 11 is 1.41. The summed E-state index contributed by atoms with van der Waals surface area (Å²) in [6.07, 6.45) is 3.41. The Hall–Kier alpha value is -1.50. The number of hydrogen-bond donors (Lipinski definition) is 2. The van der Waals surface area contributed by atoms with Gasteiger partial charge in [-0.05, 0) is 44.0 Å². The highest BCUT2D eigenvalue weighted by Gasteiger charge is 2.37. The number of carbonyl (C=O) groups excluding carboxylic acids is 1. The first-order valence-corrected chi connectivity index (χ1v) is 8.13. The molecule has 0 atom stereocenters. The molecule has 2 aromatic rings. The predicted molar refractivity (Wildman–Crippen MR) is 93.5 cm³/mol. The Morgan fingerprint density at radius 3 is 2.52 bits per heavy atom. The highest BCUT2D eigenvalue weighted by Crippen LogP contribution is 2.32. The van der Waals surface area contributed by atoms with Crippen LogP contribution in [0.1, 0.15) is 30.6 Å². The first-order chi connectivity index (χ1) is 10.5. The minimum atomic E-state index is -0.768. The third-order valence-electron chi connectivity index (χ3n) is 4.08. The molecule has 7 heteroatoms. The summed E-state index contributed by atoms with van der Waals surface area (Å²) < 4.78 is 13.0. The number of anilines is 1.